The second kappa shape index (κ2) is 4.41. The Bertz CT molecular complexity index is 359. The maximum absolute atomic E-state index is 9.04. The number of para-hydroxylation sites is 1. The lowest BCUT2D eigenvalue weighted by Gasteiger charge is -2.15. The molecule has 0 aliphatic heterocycles. The molecule has 1 rings (SSSR count). The molecule has 0 bridgehead atoms. The van der Waals surface area contributed by atoms with Gasteiger partial charge in [0.25, 0.3) is 0 Å². The van der Waals surface area contributed by atoms with Crippen LogP contribution in [0, 0.1) is 0 Å². The fraction of sp³-hybridized carbons (Fsp3) is 0.333. The van der Waals surface area contributed by atoms with E-state index in [1.165, 1.54) is 0 Å². The molecule has 0 unspecified atom stereocenters. The molecule has 0 saturated carbocycles. The molecule has 78 valence electrons. The first-order chi connectivity index (χ1) is 6.40. The van der Waals surface area contributed by atoms with Crippen LogP contribution in [0.5, 0.6) is 5.75 Å². The van der Waals surface area contributed by atoms with Crippen molar-refractivity contribution in [3.8, 4) is 5.75 Å². The Morgan fingerprint density at radius 2 is 1.86 bits per heavy atom. The lowest BCUT2D eigenvalue weighted by molar-refractivity contribution is 0.368. The van der Waals surface area contributed by atoms with Crippen LogP contribution in [0.2, 0.25) is 0 Å². The summed E-state index contributed by atoms with van der Waals surface area (Å²) in [6, 6.07) is 7.21. The second-order valence-corrected chi connectivity index (χ2v) is 5.87. The highest BCUT2D eigenvalue weighted by atomic mass is 32.5. The molecule has 0 fully saturated rings. The number of hydrogen-bond acceptors (Lipinski definition) is 2. The molecule has 0 aromatic heterocycles. The molecule has 14 heavy (non-hydrogen) atoms. The number of benzene rings is 1. The first-order valence-electron chi connectivity index (χ1n) is 4.24. The Morgan fingerprint density at radius 1 is 1.29 bits per heavy atom. The molecule has 0 heterocycles. The Kier molecular flexibility index (Phi) is 3.67. The van der Waals surface area contributed by atoms with E-state index in [2.05, 4.69) is 11.8 Å². The minimum atomic E-state index is -3.62. The van der Waals surface area contributed by atoms with Crippen molar-refractivity contribution in [2.75, 3.05) is 0 Å². The van der Waals surface area contributed by atoms with Crippen LogP contribution in [0.1, 0.15) is 25.3 Å². The molecule has 1 aromatic rings. The summed E-state index contributed by atoms with van der Waals surface area (Å²) >= 11 is 4.41. The molecule has 0 saturated heterocycles. The highest BCUT2D eigenvalue weighted by molar-refractivity contribution is 8.06. The summed E-state index contributed by atoms with van der Waals surface area (Å²) in [5.41, 5.74) is 0.921. The zero-order chi connectivity index (χ0) is 10.8. The van der Waals surface area contributed by atoms with Crippen LogP contribution in [0.3, 0.4) is 0 Å². The van der Waals surface area contributed by atoms with E-state index in [0.717, 1.165) is 5.56 Å². The Hall–Kier alpha value is -0.410. The van der Waals surface area contributed by atoms with Crippen LogP contribution < -0.4 is 4.52 Å². The Labute approximate surface area is 88.6 Å². The summed E-state index contributed by atoms with van der Waals surface area (Å²) in [5.74, 6) is 0.712. The first kappa shape index (κ1) is 11.7. The molecule has 0 radical (unpaired) electrons. The first-order valence-corrected chi connectivity index (χ1v) is 6.87. The second-order valence-electron chi connectivity index (χ2n) is 3.27. The smallest absolute Gasteiger partial charge is 0.375 e. The number of rotatable bonds is 3. The van der Waals surface area contributed by atoms with Gasteiger partial charge in [-0.05, 0) is 17.5 Å². The SMILES string of the molecule is CC(C)c1ccccc1OP(O)(O)=S. The zero-order valence-corrected chi connectivity index (χ0v) is 9.76. The van der Waals surface area contributed by atoms with Crippen molar-refractivity contribution in [3.05, 3.63) is 29.8 Å². The molecular formula is C9H13O3PS. The molecule has 3 nitrogen and oxygen atoms in total. The van der Waals surface area contributed by atoms with Crippen LogP contribution >= 0.6 is 6.72 Å². The largest absolute Gasteiger partial charge is 0.424 e. The fourth-order valence-corrected chi connectivity index (χ4v) is 1.83. The van der Waals surface area contributed by atoms with Gasteiger partial charge in [-0.1, -0.05) is 32.0 Å². The van der Waals surface area contributed by atoms with Crippen molar-refractivity contribution in [2.45, 2.75) is 19.8 Å². The van der Waals surface area contributed by atoms with Gasteiger partial charge in [0.1, 0.15) is 5.75 Å². The predicted octanol–water partition coefficient (Wildman–Crippen LogP) is 2.40. The molecule has 0 spiro atoms. The zero-order valence-electron chi connectivity index (χ0n) is 8.04. The maximum Gasteiger partial charge on any atom is 0.375 e. The highest BCUT2D eigenvalue weighted by Gasteiger charge is 2.14. The summed E-state index contributed by atoms with van der Waals surface area (Å²) in [5, 5.41) is 0. The third-order valence-corrected chi connectivity index (χ3v) is 2.42. The Balaban J connectivity index is 3.02. The van der Waals surface area contributed by atoms with Gasteiger partial charge in [0.15, 0.2) is 0 Å². The van der Waals surface area contributed by atoms with E-state index >= 15 is 0 Å². The van der Waals surface area contributed by atoms with Gasteiger partial charge in [0.05, 0.1) is 0 Å². The third kappa shape index (κ3) is 3.39. The minimum absolute atomic E-state index is 0.257. The molecule has 1 aromatic carbocycles. The quantitative estimate of drug-likeness (QED) is 0.786. The van der Waals surface area contributed by atoms with E-state index in [4.69, 9.17) is 14.3 Å². The summed E-state index contributed by atoms with van der Waals surface area (Å²) in [6.07, 6.45) is 0. The summed E-state index contributed by atoms with van der Waals surface area (Å²) < 4.78 is 4.93. The summed E-state index contributed by atoms with van der Waals surface area (Å²) in [4.78, 5) is 18.1. The van der Waals surface area contributed by atoms with Crippen molar-refractivity contribution >= 4 is 18.5 Å². The molecule has 0 aliphatic carbocycles. The molecule has 0 aliphatic rings. The fourth-order valence-electron chi connectivity index (χ4n) is 1.17. The van der Waals surface area contributed by atoms with Gasteiger partial charge < -0.3 is 14.3 Å². The predicted molar refractivity (Wildman–Crippen MR) is 59.9 cm³/mol. The maximum atomic E-state index is 9.04. The van der Waals surface area contributed by atoms with Gasteiger partial charge in [-0.3, -0.25) is 0 Å². The minimum Gasteiger partial charge on any atom is -0.424 e. The number of hydrogen-bond donors (Lipinski definition) is 2. The standard InChI is InChI=1S/C9H13O3PS/c1-7(2)8-5-3-4-6-9(8)12-13(10,11)14/h3-7H,1-2H3,(H2,10,11,14). The van der Waals surface area contributed by atoms with Crippen molar-refractivity contribution < 1.29 is 14.3 Å². The van der Waals surface area contributed by atoms with Crippen molar-refractivity contribution in [1.82, 2.24) is 0 Å². The monoisotopic (exact) mass is 232 g/mol. The molecule has 2 N–H and O–H groups in total. The highest BCUT2D eigenvalue weighted by Crippen LogP contribution is 2.40. The normalized spacial score (nSPS) is 11.8. The van der Waals surface area contributed by atoms with Crippen LogP contribution in [0.4, 0.5) is 0 Å². The Morgan fingerprint density at radius 3 is 2.36 bits per heavy atom. The van der Waals surface area contributed by atoms with Crippen molar-refractivity contribution in [3.63, 3.8) is 0 Å². The summed E-state index contributed by atoms with van der Waals surface area (Å²) in [7, 11) is 0. The van der Waals surface area contributed by atoms with Crippen LogP contribution in [0.25, 0.3) is 0 Å². The van der Waals surface area contributed by atoms with E-state index in [9.17, 15) is 0 Å². The van der Waals surface area contributed by atoms with Crippen LogP contribution in [0.15, 0.2) is 24.3 Å². The van der Waals surface area contributed by atoms with E-state index in [1.54, 1.807) is 12.1 Å². The van der Waals surface area contributed by atoms with Gasteiger partial charge in [-0.15, -0.1) is 0 Å². The van der Waals surface area contributed by atoms with E-state index in [-0.39, 0.29) is 5.92 Å². The lowest BCUT2D eigenvalue weighted by Crippen LogP contribution is -1.96. The molecular weight excluding hydrogens is 219 g/mol. The molecule has 0 atom stereocenters. The average molecular weight is 232 g/mol. The molecule has 0 amide bonds. The van der Waals surface area contributed by atoms with Gasteiger partial charge in [-0.2, -0.15) is 0 Å². The van der Waals surface area contributed by atoms with Gasteiger partial charge in [-0.25, -0.2) is 0 Å². The van der Waals surface area contributed by atoms with Crippen molar-refractivity contribution in [1.29, 1.82) is 0 Å². The van der Waals surface area contributed by atoms with E-state index in [1.807, 2.05) is 26.0 Å². The van der Waals surface area contributed by atoms with Gasteiger partial charge >= 0.3 is 6.72 Å². The van der Waals surface area contributed by atoms with Crippen molar-refractivity contribution in [2.24, 2.45) is 0 Å². The lowest BCUT2D eigenvalue weighted by atomic mass is 10.0. The van der Waals surface area contributed by atoms with E-state index in [0.29, 0.717) is 5.75 Å². The van der Waals surface area contributed by atoms with Crippen LogP contribution in [-0.2, 0) is 11.8 Å². The van der Waals surface area contributed by atoms with Gasteiger partial charge in [0, 0.05) is 11.8 Å². The average Bonchev–Trinajstić information content (AvgIpc) is 2.01. The topological polar surface area (TPSA) is 49.7 Å². The molecule has 5 heteroatoms. The van der Waals surface area contributed by atoms with E-state index < -0.39 is 6.72 Å². The van der Waals surface area contributed by atoms with Gasteiger partial charge in [0.2, 0.25) is 0 Å². The summed E-state index contributed by atoms with van der Waals surface area (Å²) in [6.45, 7) is 0.380. The third-order valence-electron chi connectivity index (χ3n) is 1.76. The van der Waals surface area contributed by atoms with Crippen LogP contribution in [-0.4, -0.2) is 9.79 Å².